The van der Waals surface area contributed by atoms with E-state index in [0.29, 0.717) is 5.56 Å². The topological polar surface area (TPSA) is 124 Å². The Morgan fingerprint density at radius 1 is 1.17 bits per heavy atom. The second-order valence-electron chi connectivity index (χ2n) is 13.7. The number of nitrogens with zero attached hydrogens (tertiary/aromatic N) is 3. The number of rotatable bonds is 10. The average molecular weight is 679 g/mol. The zero-order valence-corrected chi connectivity index (χ0v) is 29.1. The standard InChI is InChI=1S/C34H43N4O7PSi/c1-22(2)31(40)35-30-23(3)18-37(33(41)36-30)32-28-29(34(20-39,43-32)21-42-28)45-46-38-17-11-16-26(38)27(44-46)19-47(4,24-12-7-5-8-13-24)25-14-9-6-10-15-25/h5-10,12-15,18,22,26-29,32,39H,11,16-17,19-21H2,1-4H3,(H,35,36,40,41)/t26-,27+,28-,29?,32+,34+,46+/m0/s1. The molecule has 0 spiro atoms. The van der Waals surface area contributed by atoms with Gasteiger partial charge in [-0.05, 0) is 25.8 Å². The monoisotopic (exact) mass is 678 g/mol. The Labute approximate surface area is 277 Å². The predicted octanol–water partition coefficient (Wildman–Crippen LogP) is 3.17. The first kappa shape index (κ1) is 32.7. The smallest absolute Gasteiger partial charge is 0.351 e. The van der Waals surface area contributed by atoms with E-state index in [1.807, 2.05) is 0 Å². The summed E-state index contributed by atoms with van der Waals surface area (Å²) in [6, 6.07) is 22.8. The SMILES string of the molecule is Cc1cn([C@@H]2O[C@]3(CO)CO[C@H]2C3O[P@@]2O[C@H](C[Si](C)(c3ccccc3)c3ccccc3)[C@@H]3CCCN32)c(=O)nc1NC(=O)C(C)C. The Morgan fingerprint density at radius 2 is 1.85 bits per heavy atom. The first-order chi connectivity index (χ1) is 22.6. The van der Waals surface area contributed by atoms with Crippen molar-refractivity contribution in [1.29, 1.82) is 0 Å². The number of hydrogen-bond donors (Lipinski definition) is 2. The Bertz CT molecular complexity index is 1620. The Kier molecular flexibility index (Phi) is 8.99. The maximum absolute atomic E-state index is 13.2. The second-order valence-corrected chi connectivity index (χ2v) is 19.3. The fourth-order valence-corrected chi connectivity index (χ4v) is 13.4. The maximum atomic E-state index is 13.2. The van der Waals surface area contributed by atoms with Gasteiger partial charge in [-0.2, -0.15) is 4.98 Å². The summed E-state index contributed by atoms with van der Waals surface area (Å²) in [6.07, 6.45) is 1.55. The lowest BCUT2D eigenvalue weighted by atomic mass is 10.0. The summed E-state index contributed by atoms with van der Waals surface area (Å²) in [5.41, 5.74) is -1.13. The molecule has 47 heavy (non-hydrogen) atoms. The largest absolute Gasteiger partial charge is 0.393 e. The van der Waals surface area contributed by atoms with Crippen molar-refractivity contribution < 1.29 is 28.4 Å². The Balaban J connectivity index is 1.13. The lowest BCUT2D eigenvalue weighted by Gasteiger charge is -2.32. The van der Waals surface area contributed by atoms with Crippen LogP contribution in [-0.2, 0) is 23.3 Å². The van der Waals surface area contributed by atoms with Crippen molar-refractivity contribution in [2.75, 3.05) is 25.1 Å². The van der Waals surface area contributed by atoms with Crippen LogP contribution < -0.4 is 21.4 Å². The third-order valence-corrected chi connectivity index (χ3v) is 16.4. The average Bonchev–Trinajstić information content (AvgIpc) is 3.85. The van der Waals surface area contributed by atoms with Crippen molar-refractivity contribution in [3.05, 3.63) is 82.9 Å². The molecule has 0 saturated carbocycles. The van der Waals surface area contributed by atoms with E-state index < -0.39 is 46.3 Å². The van der Waals surface area contributed by atoms with Crippen LogP contribution in [0.4, 0.5) is 5.82 Å². The van der Waals surface area contributed by atoms with Crippen LogP contribution in [0, 0.1) is 12.8 Å². The van der Waals surface area contributed by atoms with Gasteiger partial charge in [-0.25, -0.2) is 9.46 Å². The Hall–Kier alpha value is -2.80. The van der Waals surface area contributed by atoms with E-state index in [2.05, 4.69) is 82.2 Å². The van der Waals surface area contributed by atoms with E-state index in [4.69, 9.17) is 18.5 Å². The van der Waals surface area contributed by atoms with Crippen LogP contribution >= 0.6 is 8.53 Å². The number of carbonyl (C=O) groups excluding carboxylic acids is 1. The summed E-state index contributed by atoms with van der Waals surface area (Å²) in [5.74, 6) is -0.266. The van der Waals surface area contributed by atoms with E-state index in [-0.39, 0.29) is 43.0 Å². The third kappa shape index (κ3) is 5.82. The van der Waals surface area contributed by atoms with Gasteiger partial charge in [0.2, 0.25) is 5.91 Å². The van der Waals surface area contributed by atoms with Crippen LogP contribution in [0.3, 0.4) is 0 Å². The van der Waals surface area contributed by atoms with Crippen molar-refractivity contribution in [1.82, 2.24) is 14.2 Å². The van der Waals surface area contributed by atoms with Crippen LogP contribution in [0.1, 0.15) is 38.5 Å². The number of anilines is 1. The van der Waals surface area contributed by atoms with E-state index in [1.54, 1.807) is 27.0 Å². The van der Waals surface area contributed by atoms with Gasteiger partial charge >= 0.3 is 5.69 Å². The molecule has 1 aromatic heterocycles. The number of benzene rings is 2. The lowest BCUT2D eigenvalue weighted by molar-refractivity contribution is -0.187. The normalized spacial score (nSPS) is 30.3. The number of aliphatic hydroxyl groups excluding tert-OH is 1. The predicted molar refractivity (Wildman–Crippen MR) is 181 cm³/mol. The molecular weight excluding hydrogens is 635 g/mol. The van der Waals surface area contributed by atoms with E-state index in [1.165, 1.54) is 14.9 Å². The molecule has 2 aromatic carbocycles. The van der Waals surface area contributed by atoms with Crippen molar-refractivity contribution in [3.63, 3.8) is 0 Å². The van der Waals surface area contributed by atoms with Gasteiger partial charge in [0.05, 0.1) is 19.3 Å². The molecule has 4 saturated heterocycles. The molecule has 3 aromatic rings. The van der Waals surface area contributed by atoms with Gasteiger partial charge in [0.1, 0.15) is 31.7 Å². The summed E-state index contributed by atoms with van der Waals surface area (Å²) in [6.45, 7) is 8.43. The maximum Gasteiger partial charge on any atom is 0.351 e. The lowest BCUT2D eigenvalue weighted by Crippen LogP contribution is -2.58. The van der Waals surface area contributed by atoms with Gasteiger partial charge in [0, 0.05) is 30.3 Å². The molecule has 2 N–H and O–H groups in total. The third-order valence-electron chi connectivity index (χ3n) is 10.2. The van der Waals surface area contributed by atoms with Gasteiger partial charge in [-0.3, -0.25) is 9.36 Å². The Morgan fingerprint density at radius 3 is 2.49 bits per heavy atom. The van der Waals surface area contributed by atoms with Crippen molar-refractivity contribution in [3.8, 4) is 0 Å². The number of aliphatic hydroxyl groups is 1. The first-order valence-corrected chi connectivity index (χ1v) is 20.3. The van der Waals surface area contributed by atoms with E-state index in [9.17, 15) is 14.7 Å². The molecule has 2 bridgehead atoms. The van der Waals surface area contributed by atoms with Gasteiger partial charge in [0.15, 0.2) is 6.23 Å². The number of fused-ring (bicyclic) bond motifs is 3. The van der Waals surface area contributed by atoms with Gasteiger partial charge in [-0.15, -0.1) is 0 Å². The molecular formula is C34H43N4O7PSi. The summed E-state index contributed by atoms with van der Waals surface area (Å²) in [7, 11) is -3.65. The summed E-state index contributed by atoms with van der Waals surface area (Å²) in [5, 5.41) is 16.1. The van der Waals surface area contributed by atoms with E-state index in [0.717, 1.165) is 25.4 Å². The van der Waals surface area contributed by atoms with Crippen LogP contribution in [-0.4, -0.2) is 83.0 Å². The number of hydrogen-bond acceptors (Lipinski definition) is 9. The van der Waals surface area contributed by atoms with Crippen molar-refractivity contribution >= 4 is 38.7 Å². The van der Waals surface area contributed by atoms with Gasteiger partial charge < -0.3 is 28.9 Å². The second kappa shape index (κ2) is 12.9. The number of carbonyl (C=O) groups is 1. The molecule has 5 heterocycles. The molecule has 0 radical (unpaired) electrons. The quantitative estimate of drug-likeness (QED) is 0.246. The fourth-order valence-electron chi connectivity index (χ4n) is 7.40. The number of aromatic nitrogens is 2. The highest BCUT2D eigenvalue weighted by molar-refractivity contribution is 7.45. The fraction of sp³-hybridized carbons (Fsp3) is 0.500. The van der Waals surface area contributed by atoms with Gasteiger partial charge in [0.25, 0.3) is 8.53 Å². The summed E-state index contributed by atoms with van der Waals surface area (Å²) < 4.78 is 30.0. The number of amides is 1. The molecule has 4 aliphatic heterocycles. The van der Waals surface area contributed by atoms with Crippen LogP contribution in [0.25, 0.3) is 0 Å². The minimum Gasteiger partial charge on any atom is -0.393 e. The van der Waals surface area contributed by atoms with Crippen molar-refractivity contribution in [2.45, 2.75) is 82.4 Å². The van der Waals surface area contributed by atoms with Crippen LogP contribution in [0.15, 0.2) is 71.7 Å². The van der Waals surface area contributed by atoms with Gasteiger partial charge in [-0.1, -0.05) is 91.4 Å². The zero-order chi connectivity index (χ0) is 32.9. The highest BCUT2D eigenvalue weighted by Gasteiger charge is 2.65. The minimum absolute atomic E-state index is 0.00878. The molecule has 13 heteroatoms. The van der Waals surface area contributed by atoms with Crippen molar-refractivity contribution in [2.24, 2.45) is 5.92 Å². The minimum atomic E-state index is -2.18. The highest BCUT2D eigenvalue weighted by Crippen LogP contribution is 2.61. The van der Waals surface area contributed by atoms with Crippen LogP contribution in [0.5, 0.6) is 0 Å². The molecule has 7 atom stereocenters. The molecule has 7 rings (SSSR count). The molecule has 0 aliphatic carbocycles. The van der Waals surface area contributed by atoms with E-state index >= 15 is 0 Å². The van der Waals surface area contributed by atoms with Crippen LogP contribution in [0.2, 0.25) is 12.6 Å². The molecule has 11 nitrogen and oxygen atoms in total. The number of nitrogens with one attached hydrogen (secondary N) is 1. The first-order valence-electron chi connectivity index (χ1n) is 16.5. The molecule has 4 aliphatic rings. The highest BCUT2D eigenvalue weighted by atomic mass is 31.2. The molecule has 1 amide bonds. The molecule has 4 fully saturated rings. The summed E-state index contributed by atoms with van der Waals surface area (Å²) >= 11 is 0. The number of aryl methyl sites for hydroxylation is 1. The molecule has 1 unspecified atom stereocenters. The summed E-state index contributed by atoms with van der Waals surface area (Å²) in [4.78, 5) is 29.7. The molecule has 250 valence electrons. The number of ether oxygens (including phenoxy) is 2. The zero-order valence-electron chi connectivity index (χ0n) is 27.2.